The van der Waals surface area contributed by atoms with Crippen molar-refractivity contribution in [3.8, 4) is 27.6 Å². The number of carbonyl (C=O) groups is 1. The van der Waals surface area contributed by atoms with E-state index in [2.05, 4.69) is 25.0 Å². The predicted molar refractivity (Wildman–Crippen MR) is 141 cm³/mol. The second-order valence-corrected chi connectivity index (χ2v) is 11.2. The lowest BCUT2D eigenvalue weighted by Gasteiger charge is -2.13. The summed E-state index contributed by atoms with van der Waals surface area (Å²) >= 11 is 1.37. The molecule has 6 rings (SSSR count). The maximum atomic E-state index is 14.6. The van der Waals surface area contributed by atoms with E-state index in [-0.39, 0.29) is 28.6 Å². The van der Waals surface area contributed by atoms with Crippen LogP contribution < -0.4 is 14.8 Å². The van der Waals surface area contributed by atoms with Crippen LogP contribution in [0.15, 0.2) is 72.0 Å². The van der Waals surface area contributed by atoms with E-state index < -0.39 is 21.7 Å². The van der Waals surface area contributed by atoms with Crippen molar-refractivity contribution < 1.29 is 22.3 Å². The fraction of sp³-hybridized carbons (Fsp3) is 0.0769. The Hall–Kier alpha value is -4.42. The van der Waals surface area contributed by atoms with Crippen LogP contribution in [0.5, 0.6) is 5.88 Å². The number of ether oxygens (including phenoxy) is 1. The van der Waals surface area contributed by atoms with Crippen LogP contribution in [0, 0.1) is 5.82 Å². The number of nitrogens with one attached hydrogen (secondary N) is 2. The van der Waals surface area contributed by atoms with Crippen molar-refractivity contribution in [1.29, 1.82) is 0 Å². The monoisotopic (exact) mass is 547 g/mol. The van der Waals surface area contributed by atoms with Gasteiger partial charge in [0.1, 0.15) is 17.8 Å². The number of benzene rings is 2. The highest BCUT2D eigenvalue weighted by Crippen LogP contribution is 2.39. The largest absolute Gasteiger partial charge is 0.480 e. The molecule has 5 aromatic rings. The van der Waals surface area contributed by atoms with Crippen molar-refractivity contribution in [3.05, 3.63) is 84.1 Å². The van der Waals surface area contributed by atoms with E-state index in [0.717, 1.165) is 9.58 Å². The fourth-order valence-corrected chi connectivity index (χ4v) is 6.40. The molecule has 12 heteroatoms. The first-order chi connectivity index (χ1) is 18.3. The van der Waals surface area contributed by atoms with E-state index >= 15 is 0 Å². The van der Waals surface area contributed by atoms with Crippen LogP contribution in [-0.2, 0) is 16.6 Å². The Morgan fingerprint density at radius 3 is 2.71 bits per heavy atom. The van der Waals surface area contributed by atoms with Crippen molar-refractivity contribution in [2.45, 2.75) is 11.4 Å². The second kappa shape index (κ2) is 9.15. The van der Waals surface area contributed by atoms with Gasteiger partial charge in [-0.25, -0.2) is 27.8 Å². The van der Waals surface area contributed by atoms with Crippen molar-refractivity contribution in [2.24, 2.45) is 0 Å². The van der Waals surface area contributed by atoms with E-state index in [1.807, 2.05) is 6.07 Å². The highest BCUT2D eigenvalue weighted by Gasteiger charge is 2.21. The summed E-state index contributed by atoms with van der Waals surface area (Å²) in [6, 6.07) is 13.5. The van der Waals surface area contributed by atoms with Crippen LogP contribution in [0.25, 0.3) is 31.9 Å². The summed E-state index contributed by atoms with van der Waals surface area (Å²) in [4.78, 5) is 26.6. The summed E-state index contributed by atoms with van der Waals surface area (Å²) in [5.41, 5.74) is 3.11. The molecule has 0 spiro atoms. The third kappa shape index (κ3) is 4.33. The highest BCUT2D eigenvalue weighted by atomic mass is 32.2. The zero-order chi connectivity index (χ0) is 26.4. The van der Waals surface area contributed by atoms with Gasteiger partial charge in [0.25, 0.3) is 15.9 Å². The number of hydrogen-bond acceptors (Lipinski definition) is 8. The van der Waals surface area contributed by atoms with Gasteiger partial charge in [0.2, 0.25) is 5.88 Å². The van der Waals surface area contributed by atoms with Crippen LogP contribution >= 0.6 is 11.3 Å². The minimum atomic E-state index is -4.11. The van der Waals surface area contributed by atoms with Crippen molar-refractivity contribution in [2.75, 3.05) is 11.8 Å². The topological polar surface area (TPSA) is 123 Å². The normalized spacial score (nSPS) is 14.3. The van der Waals surface area contributed by atoms with E-state index in [9.17, 15) is 17.6 Å². The molecule has 0 fully saturated rings. The van der Waals surface area contributed by atoms with Crippen LogP contribution in [0.1, 0.15) is 15.9 Å². The van der Waals surface area contributed by atoms with Crippen LogP contribution in [0.2, 0.25) is 0 Å². The number of halogens is 1. The average molecular weight is 548 g/mol. The standard InChI is InChI=1S/C26H18FN5O4S2/c1-36-26-21-9-17(12-29-26)22-10-20-24(37-22)23(31-13-30-20)16-5-14(6-18(27)7-16)11-28-25(33)15-3-2-4-19(8-15)38(34,35)32-21/h2-10,12-13,32H,11H2,1H3,(H,28,33). The van der Waals surface area contributed by atoms with Gasteiger partial charge in [0.15, 0.2) is 0 Å². The number of nitrogens with zero attached hydrogens (tertiary/aromatic N) is 3. The minimum Gasteiger partial charge on any atom is -0.480 e. The molecule has 0 atom stereocenters. The first-order valence-corrected chi connectivity index (χ1v) is 13.6. The Bertz CT molecular complexity index is 1860. The Morgan fingerprint density at radius 1 is 1.00 bits per heavy atom. The summed E-state index contributed by atoms with van der Waals surface area (Å²) in [5.74, 6) is -0.912. The van der Waals surface area contributed by atoms with E-state index in [1.54, 1.807) is 18.3 Å². The quantitative estimate of drug-likeness (QED) is 0.314. The van der Waals surface area contributed by atoms with Crippen LogP contribution in [-0.4, -0.2) is 36.4 Å². The molecule has 0 saturated carbocycles. The number of pyridine rings is 1. The fourth-order valence-electron chi connectivity index (χ4n) is 4.21. The SMILES string of the molecule is COc1ncc2cc1NS(=O)(=O)c1cccc(c1)C(=O)NCc1cc(F)cc(c1)-c1ncnc3cc-2sc13. The summed E-state index contributed by atoms with van der Waals surface area (Å²) in [6.07, 6.45) is 2.97. The van der Waals surface area contributed by atoms with Gasteiger partial charge in [-0.1, -0.05) is 6.07 Å². The van der Waals surface area contributed by atoms with Gasteiger partial charge in [-0.05, 0) is 54.1 Å². The number of hydrogen-bond donors (Lipinski definition) is 2. The van der Waals surface area contributed by atoms with Gasteiger partial charge in [0.05, 0.1) is 27.9 Å². The predicted octanol–water partition coefficient (Wildman–Crippen LogP) is 4.61. The molecule has 0 saturated heterocycles. The Kier molecular flexibility index (Phi) is 5.77. The molecule has 1 aliphatic heterocycles. The van der Waals surface area contributed by atoms with E-state index in [1.165, 1.54) is 61.2 Å². The zero-order valence-electron chi connectivity index (χ0n) is 19.7. The van der Waals surface area contributed by atoms with Crippen LogP contribution in [0.4, 0.5) is 10.1 Å². The number of fused-ring (bicyclic) bond motifs is 9. The molecule has 190 valence electrons. The number of sulfonamides is 1. The minimum absolute atomic E-state index is 0.0240. The van der Waals surface area contributed by atoms with Crippen molar-refractivity contribution in [3.63, 3.8) is 0 Å². The second-order valence-electron chi connectivity index (χ2n) is 8.49. The number of carbonyl (C=O) groups excluding carboxylic acids is 1. The van der Waals surface area contributed by atoms with Crippen molar-refractivity contribution >= 4 is 43.2 Å². The molecule has 0 radical (unpaired) electrons. The number of anilines is 1. The molecule has 4 heterocycles. The first kappa shape index (κ1) is 23.9. The Labute approximate surface area is 220 Å². The number of aromatic nitrogens is 3. The molecule has 1 aliphatic rings. The summed E-state index contributed by atoms with van der Waals surface area (Å²) in [6.45, 7) is 0.0240. The molecule has 0 aliphatic carbocycles. The molecular weight excluding hydrogens is 529 g/mol. The number of methoxy groups -OCH3 is 1. The van der Waals surface area contributed by atoms with Gasteiger partial charge < -0.3 is 10.1 Å². The third-order valence-corrected chi connectivity index (χ3v) is 8.52. The smallest absolute Gasteiger partial charge is 0.262 e. The molecule has 2 aromatic carbocycles. The molecular formula is C26H18FN5O4S2. The van der Waals surface area contributed by atoms with E-state index in [4.69, 9.17) is 4.74 Å². The average Bonchev–Trinajstić information content (AvgIpc) is 3.35. The maximum Gasteiger partial charge on any atom is 0.262 e. The van der Waals surface area contributed by atoms with E-state index in [0.29, 0.717) is 27.9 Å². The van der Waals surface area contributed by atoms with Crippen LogP contribution in [0.3, 0.4) is 0 Å². The zero-order valence-corrected chi connectivity index (χ0v) is 21.4. The first-order valence-electron chi connectivity index (χ1n) is 11.3. The van der Waals surface area contributed by atoms with Gasteiger partial charge >= 0.3 is 0 Å². The Morgan fingerprint density at radius 2 is 1.87 bits per heavy atom. The molecule has 9 nitrogen and oxygen atoms in total. The van der Waals surface area contributed by atoms with Gasteiger partial charge in [-0.3, -0.25) is 9.52 Å². The molecule has 3 aromatic heterocycles. The summed E-state index contributed by atoms with van der Waals surface area (Å²) in [7, 11) is -2.72. The lowest BCUT2D eigenvalue weighted by atomic mass is 10.1. The number of rotatable bonds is 1. The van der Waals surface area contributed by atoms with Gasteiger partial charge in [-0.2, -0.15) is 0 Å². The summed E-state index contributed by atoms with van der Waals surface area (Å²) in [5, 5.41) is 2.73. The number of amides is 1. The lowest BCUT2D eigenvalue weighted by molar-refractivity contribution is 0.0950. The highest BCUT2D eigenvalue weighted by molar-refractivity contribution is 7.92. The lowest BCUT2D eigenvalue weighted by Crippen LogP contribution is -2.23. The molecule has 1 amide bonds. The van der Waals surface area contributed by atoms with Gasteiger partial charge in [-0.15, -0.1) is 11.3 Å². The molecule has 0 unspecified atom stereocenters. The third-order valence-electron chi connectivity index (χ3n) is 5.98. The molecule has 8 bridgehead atoms. The molecule has 38 heavy (non-hydrogen) atoms. The maximum absolute atomic E-state index is 14.6. The van der Waals surface area contributed by atoms with Crippen molar-refractivity contribution in [1.82, 2.24) is 20.3 Å². The summed E-state index contributed by atoms with van der Waals surface area (Å²) < 4.78 is 49.7. The Balaban J connectivity index is 1.59. The van der Waals surface area contributed by atoms with Gasteiger partial charge in [0, 0.05) is 34.3 Å². The number of thiophene rings is 1. The molecule has 2 N–H and O–H groups in total.